The molecule has 0 unspecified atom stereocenters. The fourth-order valence-electron chi connectivity index (χ4n) is 3.36. The van der Waals surface area contributed by atoms with Gasteiger partial charge in [0.2, 0.25) is 0 Å². The summed E-state index contributed by atoms with van der Waals surface area (Å²) in [4.78, 5) is 16.5. The molecule has 3 aromatic rings. The molecule has 0 aliphatic carbocycles. The molecule has 0 spiro atoms. The Morgan fingerprint density at radius 1 is 1.23 bits per heavy atom. The average Bonchev–Trinajstić information content (AvgIpc) is 3.07. The number of hydrogen-bond donors (Lipinski definition) is 1. The van der Waals surface area contributed by atoms with Gasteiger partial charge in [0, 0.05) is 13.0 Å². The maximum Gasteiger partial charge on any atom is 0.338 e. The van der Waals surface area contributed by atoms with Crippen LogP contribution in [0.5, 0.6) is 0 Å². The first-order chi connectivity index (χ1) is 14.6. The second-order valence-electron chi connectivity index (χ2n) is 6.87. The van der Waals surface area contributed by atoms with Gasteiger partial charge in [0.25, 0.3) is 0 Å². The monoisotopic (exact) mass is 425 g/mol. The summed E-state index contributed by atoms with van der Waals surface area (Å²) in [6, 6.07) is 15.3. The van der Waals surface area contributed by atoms with E-state index in [2.05, 4.69) is 17.1 Å². The van der Waals surface area contributed by atoms with Crippen molar-refractivity contribution in [2.45, 2.75) is 32.7 Å². The van der Waals surface area contributed by atoms with Gasteiger partial charge in [0.05, 0.1) is 18.9 Å². The zero-order valence-corrected chi connectivity index (χ0v) is 17.8. The molecule has 0 fully saturated rings. The summed E-state index contributed by atoms with van der Waals surface area (Å²) < 4.78 is 6.86. The first-order valence-corrected chi connectivity index (χ1v) is 10.2. The lowest BCUT2D eigenvalue weighted by molar-refractivity contribution is 0.0601. The Labute approximate surface area is 180 Å². The minimum atomic E-state index is -0.365. The zero-order valence-electron chi connectivity index (χ0n) is 17.0. The summed E-state index contributed by atoms with van der Waals surface area (Å²) in [7, 11) is 1.38. The van der Waals surface area contributed by atoms with E-state index in [1.807, 2.05) is 47.0 Å². The molecule has 0 radical (unpaired) electrons. The number of carbonyl (C=O) groups is 1. The Balaban J connectivity index is 1.91. The predicted octanol–water partition coefficient (Wildman–Crippen LogP) is 5.19. The van der Waals surface area contributed by atoms with E-state index in [0.29, 0.717) is 23.0 Å². The van der Waals surface area contributed by atoms with Crippen LogP contribution in [-0.2, 0) is 17.7 Å². The average molecular weight is 426 g/mol. The summed E-state index contributed by atoms with van der Waals surface area (Å²) in [5, 5.41) is 12.5. The van der Waals surface area contributed by atoms with Crippen LogP contribution in [0.4, 0.5) is 0 Å². The fraction of sp³-hybridized carbons (Fsp3) is 0.261. The summed E-state index contributed by atoms with van der Waals surface area (Å²) in [5.41, 5.74) is 3.88. The second kappa shape index (κ2) is 10.1. The number of benzene rings is 2. The van der Waals surface area contributed by atoms with Crippen LogP contribution in [0.2, 0.25) is 5.15 Å². The molecule has 3 rings (SSSR count). The number of hydrogen-bond acceptors (Lipinski definition) is 5. The lowest BCUT2D eigenvalue weighted by Crippen LogP contribution is -2.09. The SMILES string of the molecule is CCCCc1nc(Cl)c(/C=N\O)n1Cc1ccc(-c2ccccc2C(=O)OC)cc1. The third-order valence-corrected chi connectivity index (χ3v) is 5.19. The molecule has 30 heavy (non-hydrogen) atoms. The van der Waals surface area contributed by atoms with Crippen molar-refractivity contribution in [3.63, 3.8) is 0 Å². The molecule has 0 aliphatic heterocycles. The summed E-state index contributed by atoms with van der Waals surface area (Å²) >= 11 is 6.26. The first kappa shape index (κ1) is 21.6. The van der Waals surface area contributed by atoms with Crippen molar-refractivity contribution in [2.75, 3.05) is 7.11 Å². The van der Waals surface area contributed by atoms with Crippen LogP contribution in [0.25, 0.3) is 11.1 Å². The topological polar surface area (TPSA) is 76.7 Å². The number of methoxy groups -OCH3 is 1. The van der Waals surface area contributed by atoms with Crippen LogP contribution in [-0.4, -0.2) is 34.1 Å². The minimum Gasteiger partial charge on any atom is -0.465 e. The highest BCUT2D eigenvalue weighted by atomic mass is 35.5. The van der Waals surface area contributed by atoms with Gasteiger partial charge in [-0.15, -0.1) is 0 Å². The quantitative estimate of drug-likeness (QED) is 0.233. The Morgan fingerprint density at radius 3 is 2.63 bits per heavy atom. The number of nitrogens with zero attached hydrogens (tertiary/aromatic N) is 3. The van der Waals surface area contributed by atoms with Gasteiger partial charge in [-0.3, -0.25) is 0 Å². The van der Waals surface area contributed by atoms with Crippen LogP contribution in [0.15, 0.2) is 53.7 Å². The molecule has 7 heteroatoms. The van der Waals surface area contributed by atoms with Gasteiger partial charge in [-0.1, -0.05) is 72.6 Å². The number of aryl methyl sites for hydroxylation is 1. The number of ether oxygens (including phenoxy) is 1. The molecule has 6 nitrogen and oxygen atoms in total. The van der Waals surface area contributed by atoms with Gasteiger partial charge < -0.3 is 14.5 Å². The van der Waals surface area contributed by atoms with E-state index in [1.54, 1.807) is 6.07 Å². The fourth-order valence-corrected chi connectivity index (χ4v) is 3.60. The Bertz CT molecular complexity index is 1040. The van der Waals surface area contributed by atoms with E-state index in [0.717, 1.165) is 41.8 Å². The minimum absolute atomic E-state index is 0.322. The molecule has 0 atom stereocenters. The molecule has 0 saturated heterocycles. The Kier molecular flexibility index (Phi) is 7.25. The van der Waals surface area contributed by atoms with E-state index in [9.17, 15) is 4.79 Å². The van der Waals surface area contributed by atoms with Crippen molar-refractivity contribution >= 4 is 23.8 Å². The van der Waals surface area contributed by atoms with E-state index < -0.39 is 0 Å². The highest BCUT2D eigenvalue weighted by molar-refractivity contribution is 6.31. The van der Waals surface area contributed by atoms with Gasteiger partial charge in [-0.05, 0) is 29.2 Å². The van der Waals surface area contributed by atoms with Crippen molar-refractivity contribution in [1.29, 1.82) is 0 Å². The van der Waals surface area contributed by atoms with E-state index in [1.165, 1.54) is 13.3 Å². The first-order valence-electron chi connectivity index (χ1n) is 9.78. The van der Waals surface area contributed by atoms with Gasteiger partial charge in [0.15, 0.2) is 5.15 Å². The third-order valence-electron chi connectivity index (χ3n) is 4.91. The third kappa shape index (κ3) is 4.71. The standard InChI is InChI=1S/C23H24ClN3O3/c1-3-4-9-21-26-22(24)20(14-25-29)27(21)15-16-10-12-17(13-11-16)18-7-5-6-8-19(18)23(28)30-2/h5-8,10-14,29H,3-4,9,15H2,1-2H3/b25-14-. The molecular weight excluding hydrogens is 402 g/mol. The van der Waals surface area contributed by atoms with Gasteiger partial charge in [-0.25, -0.2) is 9.78 Å². The number of unbranched alkanes of at least 4 members (excludes halogenated alkanes) is 1. The number of aromatic nitrogens is 2. The molecule has 0 bridgehead atoms. The van der Waals surface area contributed by atoms with Crippen molar-refractivity contribution in [1.82, 2.24) is 9.55 Å². The number of imidazole rings is 1. The molecule has 1 heterocycles. The van der Waals surface area contributed by atoms with Gasteiger partial charge in [-0.2, -0.15) is 0 Å². The van der Waals surface area contributed by atoms with Crippen molar-refractivity contribution in [2.24, 2.45) is 5.16 Å². The van der Waals surface area contributed by atoms with E-state index in [-0.39, 0.29) is 5.97 Å². The van der Waals surface area contributed by atoms with Crippen LogP contribution < -0.4 is 0 Å². The molecule has 2 aromatic carbocycles. The van der Waals surface area contributed by atoms with Crippen molar-refractivity contribution in [3.8, 4) is 11.1 Å². The van der Waals surface area contributed by atoms with Crippen molar-refractivity contribution < 1.29 is 14.7 Å². The predicted molar refractivity (Wildman–Crippen MR) is 118 cm³/mol. The lowest BCUT2D eigenvalue weighted by Gasteiger charge is -2.12. The molecule has 0 amide bonds. The number of rotatable bonds is 8. The molecule has 156 valence electrons. The molecule has 1 aromatic heterocycles. The van der Waals surface area contributed by atoms with E-state index in [4.69, 9.17) is 21.5 Å². The maximum atomic E-state index is 12.1. The smallest absolute Gasteiger partial charge is 0.338 e. The largest absolute Gasteiger partial charge is 0.465 e. The Morgan fingerprint density at radius 2 is 1.97 bits per heavy atom. The summed E-state index contributed by atoms with van der Waals surface area (Å²) in [5.74, 6) is 0.494. The number of halogens is 1. The zero-order chi connectivity index (χ0) is 21.5. The van der Waals surface area contributed by atoms with Crippen LogP contribution in [0.1, 0.15) is 47.2 Å². The molecular formula is C23H24ClN3O3. The molecule has 0 saturated carbocycles. The lowest BCUT2D eigenvalue weighted by atomic mass is 9.98. The molecule has 0 aliphatic rings. The summed E-state index contributed by atoms with van der Waals surface area (Å²) in [6.07, 6.45) is 4.14. The van der Waals surface area contributed by atoms with E-state index >= 15 is 0 Å². The number of esters is 1. The Hall–Kier alpha value is -3.12. The van der Waals surface area contributed by atoms with Crippen LogP contribution >= 0.6 is 11.6 Å². The summed E-state index contributed by atoms with van der Waals surface area (Å²) in [6.45, 7) is 2.66. The highest BCUT2D eigenvalue weighted by Gasteiger charge is 2.16. The van der Waals surface area contributed by atoms with Crippen LogP contribution in [0, 0.1) is 0 Å². The van der Waals surface area contributed by atoms with Gasteiger partial charge >= 0.3 is 5.97 Å². The molecule has 1 N–H and O–H groups in total. The van der Waals surface area contributed by atoms with Crippen molar-refractivity contribution in [3.05, 3.63) is 76.3 Å². The second-order valence-corrected chi connectivity index (χ2v) is 7.23. The van der Waals surface area contributed by atoms with Gasteiger partial charge in [0.1, 0.15) is 11.5 Å². The van der Waals surface area contributed by atoms with Crippen LogP contribution in [0.3, 0.4) is 0 Å². The number of oxime groups is 1. The maximum absolute atomic E-state index is 12.1. The normalized spacial score (nSPS) is 11.2. The highest BCUT2D eigenvalue weighted by Crippen LogP contribution is 2.26. The number of carbonyl (C=O) groups excluding carboxylic acids is 1.